The molecule has 0 fully saturated rings. The zero-order valence-corrected chi connectivity index (χ0v) is 12.0. The summed E-state index contributed by atoms with van der Waals surface area (Å²) >= 11 is 5.26. The summed E-state index contributed by atoms with van der Waals surface area (Å²) in [6.07, 6.45) is 2.50. The Kier molecular flexibility index (Phi) is 4.58. The largest absolute Gasteiger partial charge is 0.469 e. The molecule has 0 atom stereocenters. The standard InChI is InChI=1S/C15H18N2OS/c1-11-8-12(2)10-13(9-11)17-15(19)16-6-5-14-4-3-7-18-14/h3-4,7-10H,5-6H2,1-2H3,(H2,16,17,19). The molecule has 0 unspecified atom stereocenters. The molecule has 0 amide bonds. The minimum Gasteiger partial charge on any atom is -0.469 e. The highest BCUT2D eigenvalue weighted by Crippen LogP contribution is 2.13. The smallest absolute Gasteiger partial charge is 0.170 e. The maximum atomic E-state index is 5.26. The van der Waals surface area contributed by atoms with Crippen LogP contribution >= 0.6 is 12.2 Å². The summed E-state index contributed by atoms with van der Waals surface area (Å²) in [6.45, 7) is 4.90. The van der Waals surface area contributed by atoms with E-state index in [1.165, 1.54) is 11.1 Å². The van der Waals surface area contributed by atoms with Gasteiger partial charge in [0.2, 0.25) is 0 Å². The van der Waals surface area contributed by atoms with Gasteiger partial charge in [-0.15, -0.1) is 0 Å². The van der Waals surface area contributed by atoms with Crippen molar-refractivity contribution in [2.75, 3.05) is 11.9 Å². The fourth-order valence-corrected chi connectivity index (χ4v) is 2.20. The monoisotopic (exact) mass is 274 g/mol. The SMILES string of the molecule is Cc1cc(C)cc(NC(=S)NCCc2ccco2)c1. The number of nitrogens with one attached hydrogen (secondary N) is 2. The summed E-state index contributed by atoms with van der Waals surface area (Å²) in [5.74, 6) is 0.960. The summed E-state index contributed by atoms with van der Waals surface area (Å²) in [5.41, 5.74) is 3.47. The highest BCUT2D eigenvalue weighted by atomic mass is 32.1. The molecule has 1 aromatic carbocycles. The maximum absolute atomic E-state index is 5.26. The molecule has 2 rings (SSSR count). The molecular weight excluding hydrogens is 256 g/mol. The van der Waals surface area contributed by atoms with Crippen LogP contribution in [0.15, 0.2) is 41.0 Å². The Hall–Kier alpha value is -1.81. The van der Waals surface area contributed by atoms with Crippen molar-refractivity contribution in [3.8, 4) is 0 Å². The van der Waals surface area contributed by atoms with E-state index in [-0.39, 0.29) is 0 Å². The number of hydrogen-bond acceptors (Lipinski definition) is 2. The van der Waals surface area contributed by atoms with Gasteiger partial charge in [-0.2, -0.15) is 0 Å². The van der Waals surface area contributed by atoms with E-state index in [0.29, 0.717) is 5.11 Å². The van der Waals surface area contributed by atoms with Gasteiger partial charge in [0.15, 0.2) is 5.11 Å². The molecule has 0 saturated carbocycles. The third kappa shape index (κ3) is 4.41. The summed E-state index contributed by atoms with van der Waals surface area (Å²) in [7, 11) is 0. The second-order valence-electron chi connectivity index (χ2n) is 4.59. The first-order valence-electron chi connectivity index (χ1n) is 6.29. The molecule has 2 aromatic rings. The summed E-state index contributed by atoms with van der Waals surface area (Å²) in [6, 6.07) is 10.1. The molecule has 4 heteroatoms. The van der Waals surface area contributed by atoms with Crippen molar-refractivity contribution in [3.05, 3.63) is 53.5 Å². The van der Waals surface area contributed by atoms with Gasteiger partial charge in [-0.25, -0.2) is 0 Å². The van der Waals surface area contributed by atoms with Crippen molar-refractivity contribution in [2.45, 2.75) is 20.3 Å². The zero-order chi connectivity index (χ0) is 13.7. The third-order valence-electron chi connectivity index (χ3n) is 2.72. The normalized spacial score (nSPS) is 10.2. The van der Waals surface area contributed by atoms with Crippen LogP contribution in [0.1, 0.15) is 16.9 Å². The lowest BCUT2D eigenvalue weighted by atomic mass is 10.1. The third-order valence-corrected chi connectivity index (χ3v) is 2.96. The molecule has 3 nitrogen and oxygen atoms in total. The first-order chi connectivity index (χ1) is 9.13. The number of furan rings is 1. The average Bonchev–Trinajstić information content (AvgIpc) is 2.80. The van der Waals surface area contributed by atoms with Crippen molar-refractivity contribution < 1.29 is 4.42 Å². The highest BCUT2D eigenvalue weighted by Gasteiger charge is 2.00. The molecule has 0 aliphatic carbocycles. The number of benzene rings is 1. The lowest BCUT2D eigenvalue weighted by molar-refractivity contribution is 0.507. The van der Waals surface area contributed by atoms with E-state index >= 15 is 0 Å². The van der Waals surface area contributed by atoms with Crippen molar-refractivity contribution >= 4 is 23.0 Å². The van der Waals surface area contributed by atoms with Crippen LogP contribution in [0.4, 0.5) is 5.69 Å². The van der Waals surface area contributed by atoms with E-state index < -0.39 is 0 Å². The number of rotatable bonds is 4. The average molecular weight is 274 g/mol. The number of thiocarbonyl (C=S) groups is 1. The molecule has 100 valence electrons. The van der Waals surface area contributed by atoms with E-state index in [0.717, 1.165) is 24.4 Å². The minimum absolute atomic E-state index is 0.636. The first-order valence-corrected chi connectivity index (χ1v) is 6.70. The Morgan fingerprint density at radius 1 is 1.21 bits per heavy atom. The second kappa shape index (κ2) is 6.38. The lowest BCUT2D eigenvalue weighted by Crippen LogP contribution is -2.30. The van der Waals surface area contributed by atoms with Crippen molar-refractivity contribution in [1.29, 1.82) is 0 Å². The van der Waals surface area contributed by atoms with Crippen LogP contribution in [0.25, 0.3) is 0 Å². The van der Waals surface area contributed by atoms with Crippen molar-refractivity contribution in [1.82, 2.24) is 5.32 Å². The number of aryl methyl sites for hydroxylation is 2. The molecule has 19 heavy (non-hydrogen) atoms. The van der Waals surface area contributed by atoms with Gasteiger partial charge in [-0.05, 0) is 61.5 Å². The molecule has 1 heterocycles. The van der Waals surface area contributed by atoms with Crippen LogP contribution in [0.2, 0.25) is 0 Å². The van der Waals surface area contributed by atoms with E-state index in [1.54, 1.807) is 6.26 Å². The van der Waals surface area contributed by atoms with E-state index in [9.17, 15) is 0 Å². The van der Waals surface area contributed by atoms with Gasteiger partial charge in [0.05, 0.1) is 6.26 Å². The molecule has 0 spiro atoms. The van der Waals surface area contributed by atoms with Gasteiger partial charge in [0.25, 0.3) is 0 Å². The first kappa shape index (κ1) is 13.6. The Morgan fingerprint density at radius 2 is 1.95 bits per heavy atom. The topological polar surface area (TPSA) is 37.2 Å². The molecule has 0 aliphatic rings. The van der Waals surface area contributed by atoms with Crippen LogP contribution in [-0.2, 0) is 6.42 Å². The van der Waals surface area contributed by atoms with Gasteiger partial charge in [-0.3, -0.25) is 0 Å². The van der Waals surface area contributed by atoms with E-state index in [1.807, 2.05) is 12.1 Å². The molecule has 0 bridgehead atoms. The Bertz CT molecular complexity index is 529. The summed E-state index contributed by atoms with van der Waals surface area (Å²) in [4.78, 5) is 0. The van der Waals surface area contributed by atoms with Crippen LogP contribution in [0.3, 0.4) is 0 Å². The zero-order valence-electron chi connectivity index (χ0n) is 11.2. The molecular formula is C15H18N2OS. The van der Waals surface area contributed by atoms with Gasteiger partial charge in [0, 0.05) is 18.7 Å². The molecule has 0 aliphatic heterocycles. The van der Waals surface area contributed by atoms with Gasteiger partial charge in [-0.1, -0.05) is 6.07 Å². The van der Waals surface area contributed by atoms with Crippen LogP contribution in [0.5, 0.6) is 0 Å². The highest BCUT2D eigenvalue weighted by molar-refractivity contribution is 7.80. The Balaban J connectivity index is 1.80. The number of hydrogen-bond donors (Lipinski definition) is 2. The predicted octanol–water partition coefficient (Wildman–Crippen LogP) is 3.43. The summed E-state index contributed by atoms with van der Waals surface area (Å²) in [5, 5.41) is 7.00. The van der Waals surface area contributed by atoms with Crippen molar-refractivity contribution in [2.24, 2.45) is 0 Å². The van der Waals surface area contributed by atoms with Crippen LogP contribution in [0, 0.1) is 13.8 Å². The summed E-state index contributed by atoms with van der Waals surface area (Å²) < 4.78 is 5.26. The van der Waals surface area contributed by atoms with Crippen LogP contribution in [-0.4, -0.2) is 11.7 Å². The Morgan fingerprint density at radius 3 is 2.58 bits per heavy atom. The fraction of sp³-hybridized carbons (Fsp3) is 0.267. The molecule has 1 aromatic heterocycles. The molecule has 0 radical (unpaired) electrons. The second-order valence-corrected chi connectivity index (χ2v) is 4.99. The maximum Gasteiger partial charge on any atom is 0.170 e. The fourth-order valence-electron chi connectivity index (χ4n) is 1.98. The number of anilines is 1. The van der Waals surface area contributed by atoms with Gasteiger partial charge in [0.1, 0.15) is 5.76 Å². The van der Waals surface area contributed by atoms with E-state index in [4.69, 9.17) is 16.6 Å². The van der Waals surface area contributed by atoms with Gasteiger partial charge < -0.3 is 15.1 Å². The molecule has 2 N–H and O–H groups in total. The van der Waals surface area contributed by atoms with Crippen molar-refractivity contribution in [3.63, 3.8) is 0 Å². The predicted molar refractivity (Wildman–Crippen MR) is 82.6 cm³/mol. The van der Waals surface area contributed by atoms with E-state index in [2.05, 4.69) is 42.7 Å². The van der Waals surface area contributed by atoms with Gasteiger partial charge >= 0.3 is 0 Å². The lowest BCUT2D eigenvalue weighted by Gasteiger charge is -2.11. The van der Waals surface area contributed by atoms with Crippen LogP contribution < -0.4 is 10.6 Å². The minimum atomic E-state index is 0.636. The Labute approximate surface area is 119 Å². The molecule has 0 saturated heterocycles. The quantitative estimate of drug-likeness (QED) is 0.838.